The summed E-state index contributed by atoms with van der Waals surface area (Å²) in [5.41, 5.74) is 3.35. The molecule has 1 aromatic heterocycles. The van der Waals surface area contributed by atoms with Crippen molar-refractivity contribution >= 4 is 17.5 Å². The van der Waals surface area contributed by atoms with Crippen LogP contribution >= 0.6 is 0 Å². The van der Waals surface area contributed by atoms with Crippen LogP contribution in [0.15, 0.2) is 65.3 Å². The van der Waals surface area contributed by atoms with Gasteiger partial charge in [0, 0.05) is 12.2 Å². The maximum Gasteiger partial charge on any atom is 0.294 e. The predicted octanol–water partition coefficient (Wildman–Crippen LogP) is 4.00. The van der Waals surface area contributed by atoms with E-state index in [0.717, 1.165) is 16.7 Å². The molecule has 0 aliphatic heterocycles. The summed E-state index contributed by atoms with van der Waals surface area (Å²) < 4.78 is 18.2. The van der Waals surface area contributed by atoms with Crippen LogP contribution in [0.4, 0.5) is 10.1 Å². The molecule has 0 saturated heterocycles. The van der Waals surface area contributed by atoms with Crippen LogP contribution in [0.25, 0.3) is 0 Å². The third kappa shape index (κ3) is 4.46. The van der Waals surface area contributed by atoms with Crippen molar-refractivity contribution in [2.45, 2.75) is 20.4 Å². The number of nitrogens with one attached hydrogen (secondary N) is 1. The molecule has 2 aromatic carbocycles. The molecule has 28 heavy (non-hydrogen) atoms. The second-order valence-corrected chi connectivity index (χ2v) is 6.49. The maximum atomic E-state index is 13.0. The molecule has 3 aromatic rings. The van der Waals surface area contributed by atoms with Gasteiger partial charge < -0.3 is 9.73 Å². The van der Waals surface area contributed by atoms with Crippen molar-refractivity contribution in [2.75, 3.05) is 11.4 Å². The fraction of sp³-hybridized carbons (Fsp3) is 0.182. The zero-order valence-electron chi connectivity index (χ0n) is 15.7. The molecule has 0 unspecified atom stereocenters. The van der Waals surface area contributed by atoms with E-state index in [1.54, 1.807) is 30.3 Å². The maximum absolute atomic E-state index is 13.0. The summed E-state index contributed by atoms with van der Waals surface area (Å²) in [7, 11) is 0. The minimum atomic E-state index is -0.393. The Labute approximate surface area is 162 Å². The highest BCUT2D eigenvalue weighted by Crippen LogP contribution is 2.24. The fourth-order valence-electron chi connectivity index (χ4n) is 2.83. The van der Waals surface area contributed by atoms with E-state index < -0.39 is 5.91 Å². The highest BCUT2D eigenvalue weighted by molar-refractivity contribution is 6.07. The van der Waals surface area contributed by atoms with Crippen molar-refractivity contribution < 1.29 is 18.4 Å². The molecular weight excluding hydrogens is 359 g/mol. The van der Waals surface area contributed by atoms with Gasteiger partial charge in [-0.2, -0.15) is 0 Å². The summed E-state index contributed by atoms with van der Waals surface area (Å²) in [5, 5.41) is 2.77. The first-order valence-electron chi connectivity index (χ1n) is 8.88. The Morgan fingerprint density at radius 1 is 1.04 bits per heavy atom. The molecule has 0 atom stereocenters. The van der Waals surface area contributed by atoms with Crippen LogP contribution in [0, 0.1) is 19.7 Å². The number of furan rings is 1. The van der Waals surface area contributed by atoms with E-state index in [9.17, 15) is 14.0 Å². The van der Waals surface area contributed by atoms with E-state index in [1.807, 2.05) is 26.0 Å². The first-order valence-corrected chi connectivity index (χ1v) is 8.88. The molecule has 144 valence electrons. The molecule has 0 radical (unpaired) electrons. The first kappa shape index (κ1) is 19.4. The first-order chi connectivity index (χ1) is 13.5. The lowest BCUT2D eigenvalue weighted by atomic mass is 10.1. The van der Waals surface area contributed by atoms with E-state index in [2.05, 4.69) is 5.32 Å². The smallest absolute Gasteiger partial charge is 0.294 e. The van der Waals surface area contributed by atoms with E-state index in [4.69, 9.17) is 4.42 Å². The van der Waals surface area contributed by atoms with E-state index in [0.29, 0.717) is 5.69 Å². The average molecular weight is 380 g/mol. The number of amides is 2. The van der Waals surface area contributed by atoms with Crippen LogP contribution in [0.1, 0.15) is 27.2 Å². The van der Waals surface area contributed by atoms with Crippen LogP contribution in [0.5, 0.6) is 0 Å². The lowest BCUT2D eigenvalue weighted by Crippen LogP contribution is -2.41. The second kappa shape index (κ2) is 8.52. The lowest BCUT2D eigenvalue weighted by molar-refractivity contribution is -0.119. The van der Waals surface area contributed by atoms with Crippen LogP contribution in [0.2, 0.25) is 0 Å². The standard InChI is InChI=1S/C22H21FN2O3/c1-15-5-3-6-19(16(15)2)25(22(27)20-7-4-12-28-20)14-21(26)24-13-17-8-10-18(23)11-9-17/h3-12H,13-14H2,1-2H3,(H,24,26). The minimum absolute atomic E-state index is 0.159. The van der Waals surface area contributed by atoms with Gasteiger partial charge in [-0.1, -0.05) is 24.3 Å². The van der Waals surface area contributed by atoms with Gasteiger partial charge in [0.2, 0.25) is 5.91 Å². The van der Waals surface area contributed by atoms with Gasteiger partial charge in [-0.25, -0.2) is 4.39 Å². The van der Waals surface area contributed by atoms with Gasteiger partial charge in [-0.3, -0.25) is 14.5 Å². The van der Waals surface area contributed by atoms with Crippen LogP contribution in [-0.4, -0.2) is 18.4 Å². The number of aryl methyl sites for hydroxylation is 1. The molecular formula is C22H21FN2O3. The van der Waals surface area contributed by atoms with Gasteiger partial charge in [0.15, 0.2) is 5.76 Å². The molecule has 2 amide bonds. The molecule has 0 saturated carbocycles. The van der Waals surface area contributed by atoms with Crippen molar-refractivity contribution in [3.8, 4) is 0 Å². The monoisotopic (exact) mass is 380 g/mol. The summed E-state index contributed by atoms with van der Waals surface area (Å²) in [6, 6.07) is 14.7. The van der Waals surface area contributed by atoms with Crippen molar-refractivity contribution in [2.24, 2.45) is 0 Å². The summed E-state index contributed by atoms with van der Waals surface area (Å²) >= 11 is 0. The van der Waals surface area contributed by atoms with Gasteiger partial charge in [-0.05, 0) is 60.9 Å². The van der Waals surface area contributed by atoms with Crippen molar-refractivity contribution in [1.29, 1.82) is 0 Å². The van der Waals surface area contributed by atoms with Gasteiger partial charge >= 0.3 is 0 Å². The minimum Gasteiger partial charge on any atom is -0.459 e. The number of hydrogen-bond acceptors (Lipinski definition) is 3. The van der Waals surface area contributed by atoms with Crippen LogP contribution < -0.4 is 10.2 Å². The number of carbonyl (C=O) groups is 2. The summed E-state index contributed by atoms with van der Waals surface area (Å²) in [6.45, 7) is 3.94. The quantitative estimate of drug-likeness (QED) is 0.703. The number of carbonyl (C=O) groups excluding carboxylic acids is 2. The van der Waals surface area contributed by atoms with E-state index in [1.165, 1.54) is 23.3 Å². The van der Waals surface area contributed by atoms with Crippen molar-refractivity contribution in [3.05, 3.63) is 89.1 Å². The SMILES string of the molecule is Cc1cccc(N(CC(=O)NCc2ccc(F)cc2)C(=O)c2ccco2)c1C. The number of rotatable bonds is 6. The van der Waals surface area contributed by atoms with Crippen LogP contribution in [0.3, 0.4) is 0 Å². The number of benzene rings is 2. The molecule has 1 heterocycles. The Morgan fingerprint density at radius 2 is 1.79 bits per heavy atom. The Kier molecular flexibility index (Phi) is 5.89. The molecule has 0 fully saturated rings. The second-order valence-electron chi connectivity index (χ2n) is 6.49. The Bertz CT molecular complexity index is 966. The van der Waals surface area contributed by atoms with Gasteiger partial charge in [0.1, 0.15) is 12.4 Å². The van der Waals surface area contributed by atoms with Gasteiger partial charge in [-0.15, -0.1) is 0 Å². The fourth-order valence-corrected chi connectivity index (χ4v) is 2.83. The number of halogens is 1. The molecule has 1 N–H and O–H groups in total. The highest BCUT2D eigenvalue weighted by Gasteiger charge is 2.24. The molecule has 0 spiro atoms. The normalized spacial score (nSPS) is 10.5. The largest absolute Gasteiger partial charge is 0.459 e. The van der Waals surface area contributed by atoms with Gasteiger partial charge in [0.25, 0.3) is 5.91 Å². The Hall–Kier alpha value is -3.41. The third-order valence-electron chi connectivity index (χ3n) is 4.55. The number of nitrogens with zero attached hydrogens (tertiary/aromatic N) is 1. The van der Waals surface area contributed by atoms with E-state index >= 15 is 0 Å². The number of anilines is 1. The topological polar surface area (TPSA) is 62.6 Å². The molecule has 3 rings (SSSR count). The molecule has 6 heteroatoms. The highest BCUT2D eigenvalue weighted by atomic mass is 19.1. The number of hydrogen-bond donors (Lipinski definition) is 1. The molecule has 0 aliphatic rings. The lowest BCUT2D eigenvalue weighted by Gasteiger charge is -2.24. The van der Waals surface area contributed by atoms with Crippen molar-refractivity contribution in [1.82, 2.24) is 5.32 Å². The average Bonchev–Trinajstić information content (AvgIpc) is 3.22. The molecule has 0 bridgehead atoms. The summed E-state index contributed by atoms with van der Waals surface area (Å²) in [5.74, 6) is -0.895. The zero-order valence-corrected chi connectivity index (χ0v) is 15.7. The third-order valence-corrected chi connectivity index (χ3v) is 4.55. The Balaban J connectivity index is 1.78. The summed E-state index contributed by atoms with van der Waals surface area (Å²) in [4.78, 5) is 26.9. The van der Waals surface area contributed by atoms with Crippen molar-refractivity contribution in [3.63, 3.8) is 0 Å². The van der Waals surface area contributed by atoms with Crippen LogP contribution in [-0.2, 0) is 11.3 Å². The predicted molar refractivity (Wildman–Crippen MR) is 105 cm³/mol. The summed E-state index contributed by atoms with van der Waals surface area (Å²) in [6.07, 6.45) is 1.42. The Morgan fingerprint density at radius 3 is 2.46 bits per heavy atom. The molecule has 0 aliphatic carbocycles. The van der Waals surface area contributed by atoms with E-state index in [-0.39, 0.29) is 30.6 Å². The zero-order chi connectivity index (χ0) is 20.1. The molecule has 5 nitrogen and oxygen atoms in total. The van der Waals surface area contributed by atoms with Gasteiger partial charge in [0.05, 0.1) is 6.26 Å².